The lowest BCUT2D eigenvalue weighted by Gasteiger charge is -2.35. The first kappa shape index (κ1) is 20.5. The Bertz CT molecular complexity index is 1070. The van der Waals surface area contributed by atoms with Crippen molar-refractivity contribution in [1.82, 2.24) is 5.32 Å². The summed E-state index contributed by atoms with van der Waals surface area (Å²) >= 11 is 0. The quantitative estimate of drug-likeness (QED) is 0.649. The van der Waals surface area contributed by atoms with Crippen molar-refractivity contribution < 1.29 is 14.3 Å². The summed E-state index contributed by atoms with van der Waals surface area (Å²) in [5.41, 5.74) is 3.82. The Hall–Kier alpha value is -3.80. The number of anilines is 2. The third-order valence-electron chi connectivity index (χ3n) is 5.26. The number of fused-ring (bicyclic) bond motifs is 1. The number of nitrogens with zero attached hydrogens (tertiary/aromatic N) is 1. The van der Waals surface area contributed by atoms with Crippen molar-refractivity contribution in [2.24, 2.45) is 0 Å². The molecule has 2 amide bonds. The zero-order chi connectivity index (χ0) is 21.6. The summed E-state index contributed by atoms with van der Waals surface area (Å²) < 4.78 is 5.81. The zero-order valence-electron chi connectivity index (χ0n) is 17.4. The van der Waals surface area contributed by atoms with Crippen LogP contribution in [0, 0.1) is 0 Å². The average molecular weight is 415 g/mol. The summed E-state index contributed by atoms with van der Waals surface area (Å²) in [6, 6.07) is 25.4. The van der Waals surface area contributed by atoms with Crippen LogP contribution in [0.5, 0.6) is 5.75 Å². The molecule has 0 spiro atoms. The van der Waals surface area contributed by atoms with Gasteiger partial charge in [0.05, 0.1) is 18.8 Å². The summed E-state index contributed by atoms with van der Waals surface area (Å²) in [4.78, 5) is 27.0. The average Bonchev–Trinajstić information content (AvgIpc) is 2.80. The van der Waals surface area contributed by atoms with Crippen LogP contribution in [0.25, 0.3) is 0 Å². The summed E-state index contributed by atoms with van der Waals surface area (Å²) in [5, 5.41) is 5.66. The molecule has 0 saturated heterocycles. The molecule has 4 rings (SSSR count). The number of benzene rings is 3. The first-order valence-electron chi connectivity index (χ1n) is 10.3. The number of hydrogen-bond acceptors (Lipinski definition) is 4. The molecule has 0 aliphatic carbocycles. The highest BCUT2D eigenvalue weighted by atomic mass is 16.5. The number of para-hydroxylation sites is 3. The van der Waals surface area contributed by atoms with E-state index in [1.54, 1.807) is 7.05 Å². The second-order valence-electron chi connectivity index (χ2n) is 7.44. The molecular weight excluding hydrogens is 390 g/mol. The van der Waals surface area contributed by atoms with Gasteiger partial charge in [-0.15, -0.1) is 0 Å². The number of hydrogen-bond donors (Lipinski definition) is 2. The molecule has 0 fully saturated rings. The molecule has 1 heterocycles. The third kappa shape index (κ3) is 4.86. The van der Waals surface area contributed by atoms with Gasteiger partial charge < -0.3 is 20.3 Å². The highest BCUT2D eigenvalue weighted by Gasteiger charge is 2.31. The summed E-state index contributed by atoms with van der Waals surface area (Å²) in [6.07, 6.45) is 0.0641. The fourth-order valence-corrected chi connectivity index (χ4v) is 3.73. The number of nitrogens with one attached hydrogen (secondary N) is 2. The van der Waals surface area contributed by atoms with Crippen LogP contribution < -0.4 is 20.3 Å². The molecule has 31 heavy (non-hydrogen) atoms. The smallest absolute Gasteiger partial charge is 0.262 e. The third-order valence-corrected chi connectivity index (χ3v) is 5.26. The van der Waals surface area contributed by atoms with Crippen molar-refractivity contribution in [2.75, 3.05) is 30.4 Å². The minimum atomic E-state index is -0.668. The molecule has 0 radical (unpaired) electrons. The van der Waals surface area contributed by atoms with Crippen LogP contribution in [0.15, 0.2) is 78.9 Å². The van der Waals surface area contributed by atoms with Gasteiger partial charge in [0, 0.05) is 12.7 Å². The molecule has 158 valence electrons. The normalized spacial score (nSPS) is 14.9. The molecule has 1 aliphatic rings. The molecule has 1 aliphatic heterocycles. The van der Waals surface area contributed by atoms with Crippen molar-refractivity contribution in [1.29, 1.82) is 0 Å². The molecule has 2 N–H and O–H groups in total. The van der Waals surface area contributed by atoms with Gasteiger partial charge in [0.25, 0.3) is 5.91 Å². The molecule has 6 heteroatoms. The van der Waals surface area contributed by atoms with Gasteiger partial charge >= 0.3 is 0 Å². The number of ether oxygens (including phenoxy) is 1. The topological polar surface area (TPSA) is 70.7 Å². The zero-order valence-corrected chi connectivity index (χ0v) is 17.4. The van der Waals surface area contributed by atoms with Gasteiger partial charge in [-0.3, -0.25) is 9.59 Å². The molecule has 0 aromatic heterocycles. The largest absolute Gasteiger partial charge is 0.477 e. The second kappa shape index (κ2) is 9.34. The molecule has 1 atom stereocenters. The Labute approximate surface area is 181 Å². The number of rotatable bonds is 6. The molecule has 3 aromatic rings. The van der Waals surface area contributed by atoms with E-state index in [1.807, 2.05) is 71.6 Å². The van der Waals surface area contributed by atoms with Crippen molar-refractivity contribution in [2.45, 2.75) is 12.5 Å². The van der Waals surface area contributed by atoms with Gasteiger partial charge in [-0.25, -0.2) is 0 Å². The van der Waals surface area contributed by atoms with E-state index >= 15 is 0 Å². The first-order chi connectivity index (χ1) is 15.1. The van der Waals surface area contributed by atoms with E-state index in [1.165, 1.54) is 5.56 Å². The number of amides is 2. The SMILES string of the molecule is CNC(=O)[C@H]1CN(CC(=O)Nc2ccccc2Cc2ccccc2)c2ccccc2O1. The van der Waals surface area contributed by atoms with Crippen LogP contribution in [-0.2, 0) is 16.0 Å². The van der Waals surface area contributed by atoms with Crippen LogP contribution >= 0.6 is 0 Å². The summed E-state index contributed by atoms with van der Waals surface area (Å²) in [6.45, 7) is 0.420. The highest BCUT2D eigenvalue weighted by molar-refractivity contribution is 5.95. The maximum Gasteiger partial charge on any atom is 0.262 e. The lowest BCUT2D eigenvalue weighted by Crippen LogP contribution is -2.50. The first-order valence-corrected chi connectivity index (χ1v) is 10.3. The van der Waals surface area contributed by atoms with Gasteiger partial charge in [-0.1, -0.05) is 60.7 Å². The van der Waals surface area contributed by atoms with E-state index in [-0.39, 0.29) is 18.4 Å². The Balaban J connectivity index is 1.49. The highest BCUT2D eigenvalue weighted by Crippen LogP contribution is 2.33. The minimum Gasteiger partial charge on any atom is -0.477 e. The van der Waals surface area contributed by atoms with Crippen LogP contribution in [0.2, 0.25) is 0 Å². The summed E-state index contributed by atoms with van der Waals surface area (Å²) in [5.74, 6) is 0.237. The predicted octanol–water partition coefficient (Wildman–Crippen LogP) is 3.23. The summed E-state index contributed by atoms with van der Waals surface area (Å²) in [7, 11) is 1.58. The van der Waals surface area contributed by atoms with Crippen LogP contribution in [0.3, 0.4) is 0 Å². The lowest BCUT2D eigenvalue weighted by molar-refractivity contribution is -0.127. The monoisotopic (exact) mass is 415 g/mol. The van der Waals surface area contributed by atoms with Crippen molar-refractivity contribution in [3.63, 3.8) is 0 Å². The van der Waals surface area contributed by atoms with Crippen LogP contribution in [0.1, 0.15) is 11.1 Å². The standard InChI is InChI=1S/C25H25N3O3/c1-26-25(30)23-16-28(21-13-7-8-14-22(21)31-23)17-24(29)27-20-12-6-5-11-19(20)15-18-9-3-2-4-10-18/h2-14,23H,15-17H2,1H3,(H,26,30)(H,27,29)/t23-/m1/s1. The van der Waals surface area contributed by atoms with Gasteiger partial charge in [-0.05, 0) is 35.7 Å². The predicted molar refractivity (Wildman–Crippen MR) is 121 cm³/mol. The van der Waals surface area contributed by atoms with Gasteiger partial charge in [0.2, 0.25) is 5.91 Å². The van der Waals surface area contributed by atoms with Crippen LogP contribution in [-0.4, -0.2) is 38.1 Å². The number of likely N-dealkylation sites (N-methyl/N-ethyl adjacent to an activating group) is 1. The Kier molecular flexibility index (Phi) is 6.17. The number of carbonyl (C=O) groups is 2. The van der Waals surface area contributed by atoms with Crippen molar-refractivity contribution >= 4 is 23.2 Å². The van der Waals surface area contributed by atoms with Crippen molar-refractivity contribution in [3.8, 4) is 5.75 Å². The second-order valence-corrected chi connectivity index (χ2v) is 7.44. The van der Waals surface area contributed by atoms with E-state index in [0.717, 1.165) is 23.4 Å². The molecule has 0 unspecified atom stereocenters. The molecule has 6 nitrogen and oxygen atoms in total. The van der Waals surface area contributed by atoms with Gasteiger partial charge in [0.1, 0.15) is 5.75 Å². The fraction of sp³-hybridized carbons (Fsp3) is 0.200. The lowest BCUT2D eigenvalue weighted by atomic mass is 10.0. The van der Waals surface area contributed by atoms with E-state index in [2.05, 4.69) is 22.8 Å². The Morgan fingerprint density at radius 2 is 1.68 bits per heavy atom. The van der Waals surface area contributed by atoms with E-state index in [9.17, 15) is 9.59 Å². The molecule has 0 bridgehead atoms. The molecular formula is C25H25N3O3. The minimum absolute atomic E-state index is 0.119. The Morgan fingerprint density at radius 1 is 0.968 bits per heavy atom. The van der Waals surface area contributed by atoms with Crippen molar-refractivity contribution in [3.05, 3.63) is 90.0 Å². The van der Waals surface area contributed by atoms with E-state index in [0.29, 0.717) is 12.3 Å². The van der Waals surface area contributed by atoms with E-state index in [4.69, 9.17) is 4.74 Å². The molecule has 3 aromatic carbocycles. The van der Waals surface area contributed by atoms with Gasteiger partial charge in [-0.2, -0.15) is 0 Å². The number of carbonyl (C=O) groups excluding carboxylic acids is 2. The van der Waals surface area contributed by atoms with Crippen LogP contribution in [0.4, 0.5) is 11.4 Å². The maximum absolute atomic E-state index is 12.9. The Morgan fingerprint density at radius 3 is 2.48 bits per heavy atom. The molecule has 0 saturated carbocycles. The fourth-order valence-electron chi connectivity index (χ4n) is 3.73. The maximum atomic E-state index is 12.9. The van der Waals surface area contributed by atoms with E-state index < -0.39 is 6.10 Å². The van der Waals surface area contributed by atoms with Gasteiger partial charge in [0.15, 0.2) is 6.10 Å².